The zero-order chi connectivity index (χ0) is 16.0. The van der Waals surface area contributed by atoms with E-state index in [4.69, 9.17) is 4.74 Å². The minimum Gasteiger partial charge on any atom is -0.479 e. The summed E-state index contributed by atoms with van der Waals surface area (Å²) in [6.07, 6.45) is 1.49. The van der Waals surface area contributed by atoms with Crippen molar-refractivity contribution in [3.8, 4) is 5.75 Å². The second-order valence-electron chi connectivity index (χ2n) is 5.88. The number of hydrogen-bond acceptors (Lipinski definition) is 4. The first kappa shape index (κ1) is 14.2. The molecule has 2 atom stereocenters. The van der Waals surface area contributed by atoms with Gasteiger partial charge in [0, 0.05) is 12.6 Å². The topological polar surface area (TPSA) is 67.0 Å². The molecule has 2 heterocycles. The van der Waals surface area contributed by atoms with Crippen molar-refractivity contribution in [1.82, 2.24) is 9.38 Å². The lowest BCUT2D eigenvalue weighted by Gasteiger charge is -2.18. The van der Waals surface area contributed by atoms with Crippen LogP contribution in [0.1, 0.15) is 28.6 Å². The van der Waals surface area contributed by atoms with Gasteiger partial charge in [0.2, 0.25) is 0 Å². The molecular formula is C18H18N2O3. The van der Waals surface area contributed by atoms with Gasteiger partial charge in [-0.1, -0.05) is 24.3 Å². The van der Waals surface area contributed by atoms with Crippen molar-refractivity contribution in [3.63, 3.8) is 0 Å². The fraction of sp³-hybridized carbons (Fsp3) is 0.278. The lowest BCUT2D eigenvalue weighted by atomic mass is 10.1. The number of nitrogens with zero attached hydrogens (tertiary/aromatic N) is 2. The molecule has 2 aromatic heterocycles. The minimum atomic E-state index is -0.568. The number of pyridine rings is 1. The van der Waals surface area contributed by atoms with E-state index in [2.05, 4.69) is 4.98 Å². The summed E-state index contributed by atoms with van der Waals surface area (Å²) < 4.78 is 7.96. The molecular weight excluding hydrogens is 292 g/mol. The number of aliphatic hydroxyl groups is 2. The Balaban J connectivity index is 1.77. The summed E-state index contributed by atoms with van der Waals surface area (Å²) in [5, 5.41) is 19.9. The second-order valence-corrected chi connectivity index (χ2v) is 5.88. The Hall–Kier alpha value is -2.37. The van der Waals surface area contributed by atoms with Gasteiger partial charge in [-0.3, -0.25) is 4.40 Å². The lowest BCUT2D eigenvalue weighted by Crippen LogP contribution is -2.19. The first-order valence-corrected chi connectivity index (χ1v) is 7.69. The Morgan fingerprint density at radius 3 is 2.91 bits per heavy atom. The van der Waals surface area contributed by atoms with Gasteiger partial charge in [0.15, 0.2) is 17.5 Å². The average molecular weight is 310 g/mol. The zero-order valence-electron chi connectivity index (χ0n) is 12.8. The van der Waals surface area contributed by atoms with Crippen molar-refractivity contribution < 1.29 is 14.9 Å². The monoisotopic (exact) mass is 310 g/mol. The Morgan fingerprint density at radius 1 is 1.26 bits per heavy atom. The highest BCUT2D eigenvalue weighted by atomic mass is 16.5. The highest BCUT2D eigenvalue weighted by molar-refractivity contribution is 5.56. The summed E-state index contributed by atoms with van der Waals surface area (Å²) in [5.74, 6) is 0.607. The Kier molecular flexibility index (Phi) is 3.32. The van der Waals surface area contributed by atoms with Crippen molar-refractivity contribution in [1.29, 1.82) is 0 Å². The van der Waals surface area contributed by atoms with Crippen LogP contribution in [-0.2, 0) is 13.0 Å². The quantitative estimate of drug-likeness (QED) is 0.778. The number of fused-ring (bicyclic) bond motifs is 2. The van der Waals surface area contributed by atoms with Gasteiger partial charge in [-0.2, -0.15) is 0 Å². The van der Waals surface area contributed by atoms with E-state index in [1.54, 1.807) is 0 Å². The van der Waals surface area contributed by atoms with E-state index >= 15 is 0 Å². The Labute approximate surface area is 133 Å². The summed E-state index contributed by atoms with van der Waals surface area (Å²) >= 11 is 0. The van der Waals surface area contributed by atoms with Gasteiger partial charge in [0.05, 0.1) is 24.1 Å². The maximum absolute atomic E-state index is 10.4. The van der Waals surface area contributed by atoms with Crippen molar-refractivity contribution >= 4 is 5.65 Å². The van der Waals surface area contributed by atoms with Crippen LogP contribution in [0.25, 0.3) is 5.65 Å². The molecule has 118 valence electrons. The zero-order valence-corrected chi connectivity index (χ0v) is 12.8. The molecule has 23 heavy (non-hydrogen) atoms. The molecule has 1 aromatic carbocycles. The van der Waals surface area contributed by atoms with Crippen molar-refractivity contribution in [2.75, 3.05) is 0 Å². The van der Waals surface area contributed by atoms with Crippen LogP contribution < -0.4 is 4.74 Å². The van der Waals surface area contributed by atoms with Gasteiger partial charge in [-0.15, -0.1) is 0 Å². The predicted molar refractivity (Wildman–Crippen MR) is 85.4 cm³/mol. The third kappa shape index (κ3) is 2.20. The van der Waals surface area contributed by atoms with Gasteiger partial charge >= 0.3 is 0 Å². The van der Waals surface area contributed by atoms with Crippen molar-refractivity contribution in [2.24, 2.45) is 0 Å². The molecule has 0 bridgehead atoms. The largest absolute Gasteiger partial charge is 0.479 e. The van der Waals surface area contributed by atoms with Gasteiger partial charge in [0.25, 0.3) is 0 Å². The third-order valence-corrected chi connectivity index (χ3v) is 4.46. The molecule has 5 nitrogen and oxygen atoms in total. The number of imidazole rings is 1. The number of ether oxygens (including phenoxy) is 1. The van der Waals surface area contributed by atoms with Crippen LogP contribution in [0, 0.1) is 6.92 Å². The van der Waals surface area contributed by atoms with E-state index in [9.17, 15) is 10.2 Å². The van der Waals surface area contributed by atoms with Crippen molar-refractivity contribution in [2.45, 2.75) is 32.2 Å². The van der Waals surface area contributed by atoms with E-state index in [1.807, 2.05) is 53.9 Å². The molecule has 0 radical (unpaired) electrons. The molecule has 0 aliphatic heterocycles. The molecule has 2 N–H and O–H groups in total. The maximum Gasteiger partial charge on any atom is 0.180 e. The number of benzene rings is 1. The predicted octanol–water partition coefficient (Wildman–Crippen LogP) is 2.17. The fourth-order valence-corrected chi connectivity index (χ4v) is 3.30. The molecule has 3 aromatic rings. The summed E-state index contributed by atoms with van der Waals surface area (Å²) in [4.78, 5) is 4.50. The first-order chi connectivity index (χ1) is 11.2. The van der Waals surface area contributed by atoms with Gasteiger partial charge < -0.3 is 14.9 Å². The first-order valence-electron chi connectivity index (χ1n) is 7.69. The number of hydrogen-bond donors (Lipinski definition) is 2. The van der Waals surface area contributed by atoms with E-state index in [1.165, 1.54) is 0 Å². The third-order valence-electron chi connectivity index (χ3n) is 4.46. The fourth-order valence-electron chi connectivity index (χ4n) is 3.30. The van der Waals surface area contributed by atoms with Crippen LogP contribution >= 0.6 is 0 Å². The average Bonchev–Trinajstić information content (AvgIpc) is 3.04. The number of aryl methyl sites for hydroxylation is 1. The molecule has 0 amide bonds. The van der Waals surface area contributed by atoms with E-state index < -0.39 is 12.2 Å². The SMILES string of the molecule is Cc1nc2c(OC3c4ccccc4CC3O)cccn2c1CO. The van der Waals surface area contributed by atoms with Crippen LogP contribution in [0.3, 0.4) is 0 Å². The number of rotatable bonds is 3. The van der Waals surface area contributed by atoms with E-state index in [0.717, 1.165) is 22.5 Å². The molecule has 5 heteroatoms. The molecule has 0 spiro atoms. The van der Waals surface area contributed by atoms with Crippen LogP contribution in [0.2, 0.25) is 0 Å². The normalized spacial score (nSPS) is 20.0. The molecule has 0 saturated carbocycles. The van der Waals surface area contributed by atoms with Gasteiger partial charge in [-0.25, -0.2) is 4.98 Å². The Bertz CT molecular complexity index is 872. The van der Waals surface area contributed by atoms with E-state index in [-0.39, 0.29) is 6.61 Å². The van der Waals surface area contributed by atoms with E-state index in [0.29, 0.717) is 17.8 Å². The molecule has 1 aliphatic carbocycles. The molecule has 1 aliphatic rings. The highest BCUT2D eigenvalue weighted by Crippen LogP contribution is 2.36. The molecule has 0 fully saturated rings. The van der Waals surface area contributed by atoms with Crippen LogP contribution in [0.5, 0.6) is 5.75 Å². The number of aromatic nitrogens is 2. The summed E-state index contributed by atoms with van der Waals surface area (Å²) in [5.41, 5.74) is 4.32. The highest BCUT2D eigenvalue weighted by Gasteiger charge is 2.33. The molecule has 0 saturated heterocycles. The molecule has 4 rings (SSSR count). The van der Waals surface area contributed by atoms with Crippen LogP contribution in [0.4, 0.5) is 0 Å². The minimum absolute atomic E-state index is 0.0780. The smallest absolute Gasteiger partial charge is 0.180 e. The summed E-state index contributed by atoms with van der Waals surface area (Å²) in [7, 11) is 0. The summed E-state index contributed by atoms with van der Waals surface area (Å²) in [6.45, 7) is 1.79. The molecule has 2 unspecified atom stereocenters. The van der Waals surface area contributed by atoms with Crippen molar-refractivity contribution in [3.05, 3.63) is 65.1 Å². The standard InChI is InChI=1S/C18H18N2O3/c1-11-14(10-21)20-8-4-7-16(18(20)19-11)23-17-13-6-3-2-5-12(13)9-15(17)22/h2-8,15,17,21-22H,9-10H2,1H3. The lowest BCUT2D eigenvalue weighted by molar-refractivity contribution is 0.0502. The maximum atomic E-state index is 10.4. The number of aliphatic hydroxyl groups excluding tert-OH is 2. The second kappa shape index (κ2) is 5.37. The Morgan fingerprint density at radius 2 is 2.09 bits per heavy atom. The van der Waals surface area contributed by atoms with Crippen LogP contribution in [0.15, 0.2) is 42.6 Å². The summed E-state index contributed by atoms with van der Waals surface area (Å²) in [6, 6.07) is 11.6. The van der Waals surface area contributed by atoms with Gasteiger partial charge in [0.1, 0.15) is 0 Å². The van der Waals surface area contributed by atoms with Crippen LogP contribution in [-0.4, -0.2) is 25.7 Å². The van der Waals surface area contributed by atoms with Gasteiger partial charge in [-0.05, 0) is 30.2 Å².